The van der Waals surface area contributed by atoms with Crippen molar-refractivity contribution in [1.29, 1.82) is 0 Å². The van der Waals surface area contributed by atoms with Gasteiger partial charge in [0.05, 0.1) is 0 Å². The van der Waals surface area contributed by atoms with Crippen molar-refractivity contribution in [2.24, 2.45) is 11.3 Å². The average Bonchev–Trinajstić information content (AvgIpc) is 2.05. The summed E-state index contributed by atoms with van der Waals surface area (Å²) in [6, 6.07) is 0.750. The van der Waals surface area contributed by atoms with Crippen molar-refractivity contribution in [1.82, 2.24) is 10.2 Å². The smallest absolute Gasteiger partial charge is 0.0220 e. The van der Waals surface area contributed by atoms with Crippen molar-refractivity contribution in [3.63, 3.8) is 0 Å². The molecule has 2 heteroatoms. The second-order valence-corrected chi connectivity index (χ2v) is 6.01. The van der Waals surface area contributed by atoms with Crippen LogP contribution in [0.4, 0.5) is 0 Å². The minimum Gasteiger partial charge on any atom is -0.312 e. The molecule has 0 aliphatic carbocycles. The maximum atomic E-state index is 3.65. The summed E-state index contributed by atoms with van der Waals surface area (Å²) in [7, 11) is 0. The first-order chi connectivity index (χ1) is 6.57. The summed E-state index contributed by atoms with van der Waals surface area (Å²) >= 11 is 0. The number of piperidine rings is 1. The molecule has 0 aromatic heterocycles. The summed E-state index contributed by atoms with van der Waals surface area (Å²) < 4.78 is 0. The van der Waals surface area contributed by atoms with E-state index >= 15 is 0 Å². The molecule has 0 spiro atoms. The van der Waals surface area contributed by atoms with Gasteiger partial charge in [-0.25, -0.2) is 0 Å². The summed E-state index contributed by atoms with van der Waals surface area (Å²) in [6.45, 7) is 12.2. The van der Waals surface area contributed by atoms with Gasteiger partial charge in [-0.3, -0.25) is 0 Å². The van der Waals surface area contributed by atoms with Crippen LogP contribution >= 0.6 is 0 Å². The van der Waals surface area contributed by atoms with Gasteiger partial charge in [0, 0.05) is 25.7 Å². The van der Waals surface area contributed by atoms with Gasteiger partial charge < -0.3 is 10.2 Å². The molecule has 0 saturated carbocycles. The fourth-order valence-corrected chi connectivity index (χ4v) is 2.93. The van der Waals surface area contributed by atoms with Gasteiger partial charge in [0.1, 0.15) is 0 Å². The molecular formula is C12H24N2. The second kappa shape index (κ2) is 3.82. The van der Waals surface area contributed by atoms with Crippen LogP contribution in [-0.2, 0) is 0 Å². The highest BCUT2D eigenvalue weighted by Gasteiger charge is 2.36. The Morgan fingerprint density at radius 1 is 1.36 bits per heavy atom. The van der Waals surface area contributed by atoms with E-state index in [0.29, 0.717) is 5.41 Å². The molecule has 0 aromatic rings. The lowest BCUT2D eigenvalue weighted by Gasteiger charge is -2.48. The van der Waals surface area contributed by atoms with Crippen LogP contribution in [0.15, 0.2) is 0 Å². The largest absolute Gasteiger partial charge is 0.312 e. The van der Waals surface area contributed by atoms with Crippen molar-refractivity contribution in [3.8, 4) is 0 Å². The van der Waals surface area contributed by atoms with Gasteiger partial charge in [0.2, 0.25) is 0 Å². The minimum atomic E-state index is 0.581. The van der Waals surface area contributed by atoms with Crippen LogP contribution in [0, 0.1) is 11.3 Å². The lowest BCUT2D eigenvalue weighted by Crippen LogP contribution is -2.58. The van der Waals surface area contributed by atoms with Gasteiger partial charge in [-0.1, -0.05) is 20.8 Å². The zero-order chi connectivity index (χ0) is 10.2. The molecule has 2 aliphatic rings. The zero-order valence-corrected chi connectivity index (χ0v) is 9.84. The number of nitrogens with zero attached hydrogens (tertiary/aromatic N) is 1. The Morgan fingerprint density at radius 2 is 2.07 bits per heavy atom. The molecular weight excluding hydrogens is 172 g/mol. The molecule has 2 fully saturated rings. The van der Waals surface area contributed by atoms with Crippen molar-refractivity contribution in [3.05, 3.63) is 0 Å². The molecule has 2 rings (SSSR count). The van der Waals surface area contributed by atoms with Gasteiger partial charge in [0.25, 0.3) is 0 Å². The van der Waals surface area contributed by atoms with Gasteiger partial charge in [-0.15, -0.1) is 0 Å². The highest BCUT2D eigenvalue weighted by molar-refractivity contribution is 4.91. The lowest BCUT2D eigenvalue weighted by molar-refractivity contribution is 0.0153. The van der Waals surface area contributed by atoms with E-state index in [-0.39, 0.29) is 0 Å². The first-order valence-electron chi connectivity index (χ1n) is 6.03. The van der Waals surface area contributed by atoms with Crippen molar-refractivity contribution in [2.45, 2.75) is 39.7 Å². The SMILES string of the molecule is CC1CCCNC1CN1CC(C)(C)C1. The predicted molar refractivity (Wildman–Crippen MR) is 60.4 cm³/mol. The van der Waals surface area contributed by atoms with Crippen LogP contribution in [0.1, 0.15) is 33.6 Å². The van der Waals surface area contributed by atoms with E-state index in [2.05, 4.69) is 31.0 Å². The third-order valence-electron chi connectivity index (χ3n) is 3.69. The maximum Gasteiger partial charge on any atom is 0.0220 e. The average molecular weight is 196 g/mol. The number of rotatable bonds is 2. The van der Waals surface area contributed by atoms with Crippen LogP contribution in [0.2, 0.25) is 0 Å². The van der Waals surface area contributed by atoms with Gasteiger partial charge in [0.15, 0.2) is 0 Å². The normalized spacial score (nSPS) is 37.9. The summed E-state index contributed by atoms with van der Waals surface area (Å²) in [5.74, 6) is 0.868. The van der Waals surface area contributed by atoms with Crippen molar-refractivity contribution >= 4 is 0 Å². The third kappa shape index (κ3) is 2.29. The Bertz CT molecular complexity index is 192. The van der Waals surface area contributed by atoms with Gasteiger partial charge in [-0.05, 0) is 30.7 Å². The van der Waals surface area contributed by atoms with Crippen LogP contribution in [0.5, 0.6) is 0 Å². The summed E-state index contributed by atoms with van der Waals surface area (Å²) in [5.41, 5.74) is 0.581. The minimum absolute atomic E-state index is 0.581. The lowest BCUT2D eigenvalue weighted by atomic mass is 9.83. The van der Waals surface area contributed by atoms with Gasteiger partial charge >= 0.3 is 0 Å². The Morgan fingerprint density at radius 3 is 2.64 bits per heavy atom. The van der Waals surface area contributed by atoms with E-state index in [1.54, 1.807) is 0 Å². The zero-order valence-electron chi connectivity index (χ0n) is 9.84. The number of nitrogens with one attached hydrogen (secondary N) is 1. The summed E-state index contributed by atoms with van der Waals surface area (Å²) in [4.78, 5) is 2.60. The fourth-order valence-electron chi connectivity index (χ4n) is 2.93. The molecule has 0 bridgehead atoms. The number of hydrogen-bond acceptors (Lipinski definition) is 2. The number of hydrogen-bond donors (Lipinski definition) is 1. The molecule has 2 heterocycles. The number of likely N-dealkylation sites (tertiary alicyclic amines) is 1. The van der Waals surface area contributed by atoms with E-state index in [1.165, 1.54) is 39.0 Å². The highest BCUT2D eigenvalue weighted by Crippen LogP contribution is 2.29. The Labute approximate surface area is 88.1 Å². The highest BCUT2D eigenvalue weighted by atomic mass is 15.2. The third-order valence-corrected chi connectivity index (χ3v) is 3.69. The summed E-state index contributed by atoms with van der Waals surface area (Å²) in [5, 5.41) is 3.65. The topological polar surface area (TPSA) is 15.3 Å². The van der Waals surface area contributed by atoms with Crippen LogP contribution in [0.25, 0.3) is 0 Å². The fraction of sp³-hybridized carbons (Fsp3) is 1.00. The predicted octanol–water partition coefficient (Wildman–Crippen LogP) is 1.72. The summed E-state index contributed by atoms with van der Waals surface area (Å²) in [6.07, 6.45) is 2.78. The first kappa shape index (κ1) is 10.4. The maximum absolute atomic E-state index is 3.65. The molecule has 2 aliphatic heterocycles. The van der Waals surface area contributed by atoms with Gasteiger partial charge in [-0.2, -0.15) is 0 Å². The van der Waals surface area contributed by atoms with Crippen LogP contribution in [0.3, 0.4) is 0 Å². The van der Waals surface area contributed by atoms with E-state index < -0.39 is 0 Å². The monoisotopic (exact) mass is 196 g/mol. The molecule has 0 aromatic carbocycles. The molecule has 1 N–H and O–H groups in total. The van der Waals surface area contributed by atoms with E-state index in [9.17, 15) is 0 Å². The van der Waals surface area contributed by atoms with Crippen LogP contribution in [-0.4, -0.2) is 37.1 Å². The molecule has 2 unspecified atom stereocenters. The Balaban J connectivity index is 1.75. The van der Waals surface area contributed by atoms with Crippen molar-refractivity contribution < 1.29 is 0 Å². The quantitative estimate of drug-likeness (QED) is 0.723. The molecule has 14 heavy (non-hydrogen) atoms. The molecule has 2 atom stereocenters. The molecule has 2 nitrogen and oxygen atoms in total. The first-order valence-corrected chi connectivity index (χ1v) is 6.03. The Kier molecular flexibility index (Phi) is 2.85. The standard InChI is InChI=1S/C12H24N2/c1-10-5-4-6-13-11(10)7-14-8-12(2,3)9-14/h10-11,13H,4-9H2,1-3H3. The van der Waals surface area contributed by atoms with Crippen LogP contribution < -0.4 is 5.32 Å². The molecule has 0 amide bonds. The van der Waals surface area contributed by atoms with E-state index in [4.69, 9.17) is 0 Å². The van der Waals surface area contributed by atoms with E-state index in [1.807, 2.05) is 0 Å². The Hall–Kier alpha value is -0.0800. The molecule has 0 radical (unpaired) electrons. The van der Waals surface area contributed by atoms with E-state index in [0.717, 1.165) is 12.0 Å². The second-order valence-electron chi connectivity index (χ2n) is 6.01. The van der Waals surface area contributed by atoms with Crippen molar-refractivity contribution in [2.75, 3.05) is 26.2 Å². The molecule has 2 saturated heterocycles. The molecule has 82 valence electrons.